The van der Waals surface area contributed by atoms with E-state index < -0.39 is 0 Å². The van der Waals surface area contributed by atoms with E-state index in [1.54, 1.807) is 11.3 Å². The van der Waals surface area contributed by atoms with Gasteiger partial charge in [-0.15, -0.1) is 11.3 Å². The van der Waals surface area contributed by atoms with Crippen LogP contribution in [0.1, 0.15) is 11.8 Å². The number of halogens is 1. The van der Waals surface area contributed by atoms with Crippen LogP contribution in [0.2, 0.25) is 0 Å². The molecule has 0 spiro atoms. The molecule has 0 aromatic carbocycles. The van der Waals surface area contributed by atoms with Crippen molar-refractivity contribution < 1.29 is 9.47 Å². The van der Waals surface area contributed by atoms with Crippen molar-refractivity contribution in [1.29, 1.82) is 0 Å². The molecule has 0 aliphatic heterocycles. The van der Waals surface area contributed by atoms with Gasteiger partial charge in [-0.05, 0) is 28.9 Å². The van der Waals surface area contributed by atoms with Gasteiger partial charge in [-0.1, -0.05) is 0 Å². The zero-order valence-electron chi connectivity index (χ0n) is 7.59. The summed E-state index contributed by atoms with van der Waals surface area (Å²) < 4.78 is 11.7. The molecule has 0 aliphatic rings. The molecule has 0 bridgehead atoms. The highest BCUT2D eigenvalue weighted by molar-refractivity contribution is 9.10. The quantitative estimate of drug-likeness (QED) is 0.736. The van der Waals surface area contributed by atoms with Crippen LogP contribution >= 0.6 is 27.3 Å². The Hall–Kier alpha value is 0.1000. The van der Waals surface area contributed by atoms with E-state index >= 15 is 0 Å². The summed E-state index contributed by atoms with van der Waals surface area (Å²) in [6, 6.07) is 2.07. The summed E-state index contributed by atoms with van der Waals surface area (Å²) in [6.45, 7) is 4.78. The summed E-state index contributed by atoms with van der Waals surface area (Å²) >= 11 is 5.10. The van der Waals surface area contributed by atoms with Gasteiger partial charge in [-0.25, -0.2) is 0 Å². The molecule has 1 aromatic heterocycles. The Balaban J connectivity index is 2.06. The van der Waals surface area contributed by atoms with Gasteiger partial charge >= 0.3 is 0 Å². The highest BCUT2D eigenvalue weighted by Gasteiger charge is 1.96. The molecule has 0 saturated carbocycles. The van der Waals surface area contributed by atoms with Crippen LogP contribution in [0.5, 0.6) is 0 Å². The van der Waals surface area contributed by atoms with E-state index in [0.29, 0.717) is 19.8 Å². The second-order valence-corrected chi connectivity index (χ2v) is 4.39. The molecule has 0 fully saturated rings. The first-order chi connectivity index (χ1) is 6.33. The lowest BCUT2D eigenvalue weighted by Crippen LogP contribution is -2.03. The van der Waals surface area contributed by atoms with Gasteiger partial charge in [0.1, 0.15) is 0 Å². The summed E-state index contributed by atoms with van der Waals surface area (Å²) in [5.41, 5.74) is 0. The first kappa shape index (κ1) is 11.2. The Morgan fingerprint density at radius 2 is 2.15 bits per heavy atom. The number of thiophene rings is 1. The van der Waals surface area contributed by atoms with Crippen LogP contribution in [0.4, 0.5) is 0 Å². The molecule has 74 valence electrons. The first-order valence-corrected chi connectivity index (χ1v) is 5.88. The summed E-state index contributed by atoms with van der Waals surface area (Å²) in [7, 11) is 0. The van der Waals surface area contributed by atoms with Gasteiger partial charge in [0.15, 0.2) is 0 Å². The Kier molecular flexibility index (Phi) is 5.62. The van der Waals surface area contributed by atoms with Gasteiger partial charge in [0.05, 0.1) is 19.8 Å². The number of rotatable bonds is 6. The molecule has 0 amide bonds. The van der Waals surface area contributed by atoms with E-state index in [0.717, 1.165) is 11.1 Å². The van der Waals surface area contributed by atoms with Crippen molar-refractivity contribution >= 4 is 27.3 Å². The summed E-state index contributed by atoms with van der Waals surface area (Å²) in [4.78, 5) is 1.24. The van der Waals surface area contributed by atoms with Crippen molar-refractivity contribution in [3.8, 4) is 0 Å². The van der Waals surface area contributed by atoms with Crippen LogP contribution in [0.25, 0.3) is 0 Å². The summed E-state index contributed by atoms with van der Waals surface area (Å²) in [6.07, 6.45) is 0. The second-order valence-electron chi connectivity index (χ2n) is 2.48. The van der Waals surface area contributed by atoms with E-state index in [-0.39, 0.29) is 0 Å². The summed E-state index contributed by atoms with van der Waals surface area (Å²) in [5, 5.41) is 2.06. The van der Waals surface area contributed by atoms with Crippen LogP contribution < -0.4 is 0 Å². The molecule has 1 rings (SSSR count). The van der Waals surface area contributed by atoms with Crippen molar-refractivity contribution in [1.82, 2.24) is 0 Å². The SMILES string of the molecule is CCOCCOCc1cc(Br)cs1. The topological polar surface area (TPSA) is 18.5 Å². The normalized spacial score (nSPS) is 10.6. The highest BCUT2D eigenvalue weighted by Crippen LogP contribution is 2.20. The van der Waals surface area contributed by atoms with Crippen molar-refractivity contribution in [2.24, 2.45) is 0 Å². The van der Waals surface area contributed by atoms with Crippen LogP contribution in [0, 0.1) is 0 Å². The van der Waals surface area contributed by atoms with Crippen molar-refractivity contribution in [3.05, 3.63) is 20.8 Å². The Labute approximate surface area is 91.0 Å². The number of ether oxygens (including phenoxy) is 2. The van der Waals surface area contributed by atoms with E-state index in [9.17, 15) is 0 Å². The lowest BCUT2D eigenvalue weighted by Gasteiger charge is -2.01. The molecule has 4 heteroatoms. The standard InChI is InChI=1S/C9H13BrO2S/c1-2-11-3-4-12-6-9-5-8(10)7-13-9/h5,7H,2-4,6H2,1H3. The molecule has 1 heterocycles. The lowest BCUT2D eigenvalue weighted by atomic mass is 10.5. The van der Waals surface area contributed by atoms with E-state index in [2.05, 4.69) is 27.4 Å². The van der Waals surface area contributed by atoms with Gasteiger partial charge < -0.3 is 9.47 Å². The van der Waals surface area contributed by atoms with Crippen molar-refractivity contribution in [3.63, 3.8) is 0 Å². The average Bonchev–Trinajstić information content (AvgIpc) is 2.51. The largest absolute Gasteiger partial charge is 0.379 e. The van der Waals surface area contributed by atoms with Crippen LogP contribution in [-0.2, 0) is 16.1 Å². The van der Waals surface area contributed by atoms with Crippen molar-refractivity contribution in [2.45, 2.75) is 13.5 Å². The predicted octanol–water partition coefficient (Wildman–Crippen LogP) is 3.06. The molecule has 0 unspecified atom stereocenters. The Bertz CT molecular complexity index is 237. The van der Waals surface area contributed by atoms with E-state index in [1.807, 2.05) is 6.92 Å². The molecule has 0 N–H and O–H groups in total. The first-order valence-electron chi connectivity index (χ1n) is 4.21. The Morgan fingerprint density at radius 1 is 1.38 bits per heavy atom. The molecule has 0 aliphatic carbocycles. The number of hydrogen-bond acceptors (Lipinski definition) is 3. The zero-order valence-corrected chi connectivity index (χ0v) is 9.99. The molecule has 0 saturated heterocycles. The van der Waals surface area contributed by atoms with Crippen LogP contribution in [0.3, 0.4) is 0 Å². The number of hydrogen-bond donors (Lipinski definition) is 0. The molecule has 0 atom stereocenters. The molecular formula is C9H13BrO2S. The lowest BCUT2D eigenvalue weighted by molar-refractivity contribution is 0.0462. The Morgan fingerprint density at radius 3 is 2.77 bits per heavy atom. The minimum absolute atomic E-state index is 0.670. The maximum Gasteiger partial charge on any atom is 0.0810 e. The van der Waals surface area contributed by atoms with Crippen LogP contribution in [-0.4, -0.2) is 19.8 Å². The zero-order chi connectivity index (χ0) is 9.52. The molecular weight excluding hydrogens is 252 g/mol. The van der Waals surface area contributed by atoms with Gasteiger partial charge in [-0.3, -0.25) is 0 Å². The van der Waals surface area contributed by atoms with Gasteiger partial charge in [-0.2, -0.15) is 0 Å². The summed E-state index contributed by atoms with van der Waals surface area (Å²) in [5.74, 6) is 0. The fourth-order valence-electron chi connectivity index (χ4n) is 0.864. The average molecular weight is 265 g/mol. The molecule has 2 nitrogen and oxygen atoms in total. The van der Waals surface area contributed by atoms with Gasteiger partial charge in [0.2, 0.25) is 0 Å². The van der Waals surface area contributed by atoms with E-state index in [1.165, 1.54) is 4.88 Å². The maximum atomic E-state index is 5.40. The fourth-order valence-corrected chi connectivity index (χ4v) is 2.25. The van der Waals surface area contributed by atoms with Gasteiger partial charge in [0.25, 0.3) is 0 Å². The molecule has 0 radical (unpaired) electrons. The maximum absolute atomic E-state index is 5.40. The fraction of sp³-hybridized carbons (Fsp3) is 0.556. The van der Waals surface area contributed by atoms with E-state index in [4.69, 9.17) is 9.47 Å². The third-order valence-corrected chi connectivity index (χ3v) is 3.11. The smallest absolute Gasteiger partial charge is 0.0810 e. The molecule has 1 aromatic rings. The monoisotopic (exact) mass is 264 g/mol. The van der Waals surface area contributed by atoms with Crippen molar-refractivity contribution in [2.75, 3.05) is 19.8 Å². The minimum atomic E-state index is 0.670. The predicted molar refractivity (Wildman–Crippen MR) is 58.2 cm³/mol. The second kappa shape index (κ2) is 6.54. The van der Waals surface area contributed by atoms with Crippen LogP contribution in [0.15, 0.2) is 15.9 Å². The molecule has 13 heavy (non-hydrogen) atoms. The minimum Gasteiger partial charge on any atom is -0.379 e. The third-order valence-electron chi connectivity index (χ3n) is 1.44. The third kappa shape index (κ3) is 4.76. The van der Waals surface area contributed by atoms with Gasteiger partial charge in [0, 0.05) is 21.3 Å². The highest BCUT2D eigenvalue weighted by atomic mass is 79.9.